The molecule has 3 heteroatoms. The second-order valence-electron chi connectivity index (χ2n) is 9.25. The summed E-state index contributed by atoms with van der Waals surface area (Å²) < 4.78 is 6.88. The highest BCUT2D eigenvalue weighted by molar-refractivity contribution is 6.01. The third-order valence-electron chi connectivity index (χ3n) is 7.15. The summed E-state index contributed by atoms with van der Waals surface area (Å²) in [7, 11) is 0. The van der Waals surface area contributed by atoms with Crippen molar-refractivity contribution in [3.05, 3.63) is 65.7 Å². The zero-order valence-corrected chi connectivity index (χ0v) is 18.1. The summed E-state index contributed by atoms with van der Waals surface area (Å²) >= 11 is 0. The number of hydrazone groups is 1. The lowest BCUT2D eigenvalue weighted by Gasteiger charge is -2.48. The molecule has 0 radical (unpaired) electrons. The summed E-state index contributed by atoms with van der Waals surface area (Å²) in [5, 5.41) is 7.63. The molecule has 1 atom stereocenters. The van der Waals surface area contributed by atoms with E-state index in [1.165, 1.54) is 74.6 Å². The van der Waals surface area contributed by atoms with Crippen LogP contribution < -0.4 is 4.74 Å². The summed E-state index contributed by atoms with van der Waals surface area (Å²) in [5.74, 6) is 1.08. The molecule has 0 saturated heterocycles. The van der Waals surface area contributed by atoms with Gasteiger partial charge in [0.2, 0.25) is 0 Å². The number of benzene rings is 2. The summed E-state index contributed by atoms with van der Waals surface area (Å²) in [6.07, 6.45) is 15.1. The molecule has 5 rings (SSSR count). The minimum absolute atomic E-state index is 0.290. The molecule has 0 unspecified atom stereocenters. The van der Waals surface area contributed by atoms with Crippen LogP contribution in [0.1, 0.15) is 94.2 Å². The molecule has 0 N–H and O–H groups in total. The molecule has 3 aliphatic rings. The van der Waals surface area contributed by atoms with Gasteiger partial charge in [0.25, 0.3) is 0 Å². The van der Waals surface area contributed by atoms with E-state index in [1.54, 1.807) is 0 Å². The largest absolute Gasteiger partial charge is 0.466 e. The van der Waals surface area contributed by atoms with E-state index in [0.717, 1.165) is 25.0 Å². The minimum atomic E-state index is -0.297. The Hall–Kier alpha value is -2.29. The smallest absolute Gasteiger partial charge is 0.198 e. The lowest BCUT2D eigenvalue weighted by atomic mass is 9.89. The first-order chi connectivity index (χ1) is 14.9. The fraction of sp³-hybridized carbons (Fsp3) is 0.519. The molecule has 1 saturated carbocycles. The molecule has 2 aromatic carbocycles. The second-order valence-corrected chi connectivity index (χ2v) is 9.25. The van der Waals surface area contributed by atoms with Crippen molar-refractivity contribution in [1.29, 1.82) is 0 Å². The van der Waals surface area contributed by atoms with Crippen LogP contribution in [0.3, 0.4) is 0 Å². The van der Waals surface area contributed by atoms with Gasteiger partial charge >= 0.3 is 0 Å². The highest BCUT2D eigenvalue weighted by Gasteiger charge is 2.49. The Labute approximate surface area is 181 Å². The third-order valence-corrected chi connectivity index (χ3v) is 7.15. The molecule has 2 aliphatic heterocycles. The van der Waals surface area contributed by atoms with Crippen molar-refractivity contribution < 1.29 is 4.74 Å². The summed E-state index contributed by atoms with van der Waals surface area (Å²) in [6, 6.07) is 19.7. The van der Waals surface area contributed by atoms with Crippen molar-refractivity contribution >= 4 is 5.71 Å². The van der Waals surface area contributed by atoms with Crippen LogP contribution in [-0.4, -0.2) is 16.4 Å². The van der Waals surface area contributed by atoms with Gasteiger partial charge in [-0.3, -0.25) is 0 Å². The third kappa shape index (κ3) is 3.87. The zero-order chi connectivity index (χ0) is 20.2. The number of fused-ring (bicyclic) bond motifs is 4. The second kappa shape index (κ2) is 8.83. The van der Waals surface area contributed by atoms with Crippen molar-refractivity contribution in [3.63, 3.8) is 0 Å². The van der Waals surface area contributed by atoms with Gasteiger partial charge in [0.1, 0.15) is 5.75 Å². The van der Waals surface area contributed by atoms with E-state index in [-0.39, 0.29) is 11.8 Å². The number of ether oxygens (including phenoxy) is 1. The fourth-order valence-corrected chi connectivity index (χ4v) is 5.53. The lowest BCUT2D eigenvalue weighted by molar-refractivity contribution is -0.132. The van der Waals surface area contributed by atoms with Crippen LogP contribution in [-0.2, 0) is 0 Å². The van der Waals surface area contributed by atoms with Crippen molar-refractivity contribution in [2.24, 2.45) is 5.10 Å². The number of rotatable bonds is 1. The first-order valence-electron chi connectivity index (χ1n) is 12.1. The quantitative estimate of drug-likeness (QED) is 0.502. The Kier molecular flexibility index (Phi) is 5.79. The van der Waals surface area contributed by atoms with Gasteiger partial charge in [-0.05, 0) is 24.5 Å². The molecule has 1 aliphatic carbocycles. The van der Waals surface area contributed by atoms with Gasteiger partial charge < -0.3 is 4.74 Å². The molecular formula is C27H34N2O. The van der Waals surface area contributed by atoms with Crippen LogP contribution in [0.15, 0.2) is 59.7 Å². The van der Waals surface area contributed by atoms with Crippen LogP contribution >= 0.6 is 0 Å². The van der Waals surface area contributed by atoms with E-state index in [2.05, 4.69) is 59.6 Å². The molecule has 0 amide bonds. The van der Waals surface area contributed by atoms with E-state index >= 15 is 0 Å². The molecular weight excluding hydrogens is 368 g/mol. The zero-order valence-electron chi connectivity index (χ0n) is 18.1. The maximum absolute atomic E-state index is 6.88. The molecule has 0 aromatic heterocycles. The van der Waals surface area contributed by atoms with Crippen molar-refractivity contribution in [2.45, 2.75) is 88.8 Å². The molecule has 2 heterocycles. The van der Waals surface area contributed by atoms with Gasteiger partial charge in [0.15, 0.2) is 5.72 Å². The number of nitrogens with zero attached hydrogens (tertiary/aromatic N) is 2. The first kappa shape index (κ1) is 19.7. The molecule has 158 valence electrons. The summed E-state index contributed by atoms with van der Waals surface area (Å²) in [4.78, 5) is 0. The average molecular weight is 403 g/mol. The molecule has 30 heavy (non-hydrogen) atoms. The summed E-state index contributed by atoms with van der Waals surface area (Å²) in [6.45, 7) is 0. The van der Waals surface area contributed by atoms with Crippen molar-refractivity contribution in [3.8, 4) is 5.75 Å². The van der Waals surface area contributed by atoms with Crippen LogP contribution in [0.4, 0.5) is 0 Å². The van der Waals surface area contributed by atoms with Gasteiger partial charge in [-0.2, -0.15) is 5.10 Å². The number of hydrogen-bond donors (Lipinski definition) is 0. The topological polar surface area (TPSA) is 24.8 Å². The molecule has 1 spiro atoms. The van der Waals surface area contributed by atoms with Gasteiger partial charge in [-0.25, -0.2) is 5.01 Å². The Balaban J connectivity index is 1.51. The maximum Gasteiger partial charge on any atom is 0.198 e. The standard InChI is InChI=1S/C27H34N2O/c1-2-4-6-13-19-27(20-14-7-5-3-1)29-25(23-17-11-12-18-26(23)30-27)21-24(28-29)22-15-9-8-10-16-22/h8-12,15-18,25H,1-7,13-14,19-21H2/t25-/m0/s1. The number of hydrogen-bond acceptors (Lipinski definition) is 3. The monoisotopic (exact) mass is 402 g/mol. The summed E-state index contributed by atoms with van der Waals surface area (Å²) in [5.41, 5.74) is 3.44. The van der Waals surface area contributed by atoms with Crippen LogP contribution in [0.2, 0.25) is 0 Å². The van der Waals surface area contributed by atoms with E-state index in [1.807, 2.05) is 0 Å². The Morgan fingerprint density at radius 2 is 1.33 bits per heavy atom. The van der Waals surface area contributed by atoms with Gasteiger partial charge in [0, 0.05) is 24.8 Å². The Bertz CT molecular complexity index is 863. The first-order valence-corrected chi connectivity index (χ1v) is 12.1. The SMILES string of the molecule is c1ccc(C2=NN3[C@@H](C2)c2ccccc2OC32CCCCCCCCCCC2)cc1. The fourth-order valence-electron chi connectivity index (χ4n) is 5.53. The van der Waals surface area contributed by atoms with Gasteiger partial charge in [0.05, 0.1) is 11.8 Å². The predicted molar refractivity (Wildman–Crippen MR) is 123 cm³/mol. The average Bonchev–Trinajstić information content (AvgIpc) is 3.24. The normalized spacial score (nSPS) is 24.1. The molecule has 2 aromatic rings. The van der Waals surface area contributed by atoms with E-state index < -0.39 is 0 Å². The number of para-hydroxylation sites is 1. The maximum atomic E-state index is 6.88. The van der Waals surface area contributed by atoms with Crippen molar-refractivity contribution in [1.82, 2.24) is 5.01 Å². The van der Waals surface area contributed by atoms with E-state index in [0.29, 0.717) is 0 Å². The van der Waals surface area contributed by atoms with E-state index in [4.69, 9.17) is 9.84 Å². The molecule has 3 nitrogen and oxygen atoms in total. The lowest BCUT2D eigenvalue weighted by Crippen LogP contribution is -2.53. The highest BCUT2D eigenvalue weighted by Crippen LogP contribution is 2.50. The van der Waals surface area contributed by atoms with Gasteiger partial charge in [-0.15, -0.1) is 0 Å². The highest BCUT2D eigenvalue weighted by atomic mass is 16.5. The molecule has 1 fully saturated rings. The Morgan fingerprint density at radius 1 is 0.733 bits per heavy atom. The Morgan fingerprint density at radius 3 is 2.03 bits per heavy atom. The van der Waals surface area contributed by atoms with Crippen LogP contribution in [0, 0.1) is 0 Å². The van der Waals surface area contributed by atoms with E-state index in [9.17, 15) is 0 Å². The predicted octanol–water partition coefficient (Wildman–Crippen LogP) is 7.23. The van der Waals surface area contributed by atoms with Crippen LogP contribution in [0.25, 0.3) is 0 Å². The van der Waals surface area contributed by atoms with Crippen LogP contribution in [0.5, 0.6) is 5.75 Å². The van der Waals surface area contributed by atoms with Gasteiger partial charge in [-0.1, -0.05) is 93.5 Å². The minimum Gasteiger partial charge on any atom is -0.466 e. The van der Waals surface area contributed by atoms with Crippen molar-refractivity contribution in [2.75, 3.05) is 0 Å². The molecule has 0 bridgehead atoms.